The van der Waals surface area contributed by atoms with Crippen molar-refractivity contribution in [2.75, 3.05) is 5.32 Å². The molecule has 2 nitrogen and oxygen atoms in total. The van der Waals surface area contributed by atoms with Crippen LogP contribution in [0.15, 0.2) is 47.2 Å². The fourth-order valence-electron chi connectivity index (χ4n) is 1.78. The van der Waals surface area contributed by atoms with Gasteiger partial charge in [0.2, 0.25) is 0 Å². The third-order valence-electron chi connectivity index (χ3n) is 2.75. The normalized spacial score (nSPS) is 12.2. The molecule has 0 saturated carbocycles. The summed E-state index contributed by atoms with van der Waals surface area (Å²) in [4.78, 5) is 4.17. The summed E-state index contributed by atoms with van der Waals surface area (Å²) in [6.07, 6.45) is 2.69. The number of hydrogen-bond donors (Lipinski definition) is 1. The van der Waals surface area contributed by atoms with Crippen LogP contribution in [-0.4, -0.2) is 4.98 Å². The highest BCUT2D eigenvalue weighted by molar-refractivity contribution is 9.10. The Balaban J connectivity index is 2.14. The summed E-state index contributed by atoms with van der Waals surface area (Å²) >= 11 is 3.30. The number of halogens is 2. The van der Waals surface area contributed by atoms with Gasteiger partial charge in [0.1, 0.15) is 10.4 Å². The molecule has 4 heteroatoms. The molecule has 0 aliphatic heterocycles. The van der Waals surface area contributed by atoms with Gasteiger partial charge in [-0.25, -0.2) is 9.37 Å². The van der Waals surface area contributed by atoms with E-state index in [9.17, 15) is 4.39 Å². The standard InChI is InChI=1S/C14H14BrFN2/c1-2-13(10-3-5-11(16)6-4-10)18-12-7-8-14(15)17-9-12/h3-9,13,18H,2H2,1H3. The Kier molecular flexibility index (Phi) is 4.31. The van der Waals surface area contributed by atoms with Gasteiger partial charge in [-0.2, -0.15) is 0 Å². The van der Waals surface area contributed by atoms with Gasteiger partial charge >= 0.3 is 0 Å². The lowest BCUT2D eigenvalue weighted by molar-refractivity contribution is 0.625. The number of aromatic nitrogens is 1. The fraction of sp³-hybridized carbons (Fsp3) is 0.214. The van der Waals surface area contributed by atoms with Crippen molar-refractivity contribution in [3.8, 4) is 0 Å². The molecule has 2 rings (SSSR count). The lowest BCUT2D eigenvalue weighted by Crippen LogP contribution is -2.09. The summed E-state index contributed by atoms with van der Waals surface area (Å²) in [6.45, 7) is 2.09. The second-order valence-corrected chi connectivity index (χ2v) is 4.84. The third kappa shape index (κ3) is 3.29. The van der Waals surface area contributed by atoms with E-state index in [0.29, 0.717) is 0 Å². The van der Waals surface area contributed by atoms with Crippen molar-refractivity contribution in [1.29, 1.82) is 0 Å². The smallest absolute Gasteiger partial charge is 0.123 e. The number of anilines is 1. The molecule has 0 radical (unpaired) electrons. The van der Waals surface area contributed by atoms with Gasteiger partial charge in [0.05, 0.1) is 17.9 Å². The van der Waals surface area contributed by atoms with Crippen molar-refractivity contribution in [2.45, 2.75) is 19.4 Å². The van der Waals surface area contributed by atoms with E-state index in [1.54, 1.807) is 6.20 Å². The zero-order valence-corrected chi connectivity index (χ0v) is 11.6. The van der Waals surface area contributed by atoms with Crippen molar-refractivity contribution in [3.05, 3.63) is 58.6 Å². The fourth-order valence-corrected chi connectivity index (χ4v) is 2.01. The van der Waals surface area contributed by atoms with Crippen LogP contribution < -0.4 is 5.32 Å². The van der Waals surface area contributed by atoms with E-state index < -0.39 is 0 Å². The van der Waals surface area contributed by atoms with E-state index in [1.807, 2.05) is 24.3 Å². The number of pyridine rings is 1. The zero-order chi connectivity index (χ0) is 13.0. The Morgan fingerprint density at radius 1 is 1.22 bits per heavy atom. The zero-order valence-electron chi connectivity index (χ0n) is 10.0. The molecule has 0 aliphatic carbocycles. The Hall–Kier alpha value is -1.42. The lowest BCUT2D eigenvalue weighted by Gasteiger charge is -2.18. The van der Waals surface area contributed by atoms with E-state index in [0.717, 1.165) is 22.3 Å². The minimum absolute atomic E-state index is 0.161. The summed E-state index contributed by atoms with van der Waals surface area (Å²) in [6, 6.07) is 10.6. The Bertz CT molecular complexity index is 496. The molecule has 1 aromatic heterocycles. The van der Waals surface area contributed by atoms with Gasteiger partial charge in [-0.3, -0.25) is 0 Å². The minimum Gasteiger partial charge on any atom is -0.377 e. The van der Waals surface area contributed by atoms with Crippen LogP contribution in [0.25, 0.3) is 0 Å². The second-order valence-electron chi connectivity index (χ2n) is 4.03. The first-order valence-electron chi connectivity index (χ1n) is 5.82. The molecule has 0 spiro atoms. The average Bonchev–Trinajstić information content (AvgIpc) is 2.39. The molecule has 0 saturated heterocycles. The van der Waals surface area contributed by atoms with Gasteiger partial charge < -0.3 is 5.32 Å². The molecule has 0 bridgehead atoms. The van der Waals surface area contributed by atoms with Crippen LogP contribution in [0.1, 0.15) is 24.9 Å². The molecule has 0 fully saturated rings. The quantitative estimate of drug-likeness (QED) is 0.838. The highest BCUT2D eigenvalue weighted by Gasteiger charge is 2.09. The maximum absolute atomic E-state index is 12.9. The third-order valence-corrected chi connectivity index (χ3v) is 3.22. The monoisotopic (exact) mass is 308 g/mol. The van der Waals surface area contributed by atoms with Crippen molar-refractivity contribution >= 4 is 21.6 Å². The molecule has 1 unspecified atom stereocenters. The maximum atomic E-state index is 12.9. The highest BCUT2D eigenvalue weighted by Crippen LogP contribution is 2.22. The Morgan fingerprint density at radius 3 is 2.50 bits per heavy atom. The van der Waals surface area contributed by atoms with Gasteiger partial charge in [0.25, 0.3) is 0 Å². The number of rotatable bonds is 4. The molecule has 18 heavy (non-hydrogen) atoms. The molecular weight excluding hydrogens is 295 g/mol. The Labute approximate surface area is 114 Å². The first kappa shape index (κ1) is 13.0. The van der Waals surface area contributed by atoms with E-state index in [1.165, 1.54) is 12.1 Å². The van der Waals surface area contributed by atoms with Crippen LogP contribution in [-0.2, 0) is 0 Å². The van der Waals surface area contributed by atoms with Crippen molar-refractivity contribution in [3.63, 3.8) is 0 Å². The predicted octanol–water partition coefficient (Wildman–Crippen LogP) is 4.55. The summed E-state index contributed by atoms with van der Waals surface area (Å²) < 4.78 is 13.7. The van der Waals surface area contributed by atoms with Crippen LogP contribution >= 0.6 is 15.9 Å². The number of benzene rings is 1. The SMILES string of the molecule is CCC(Nc1ccc(Br)nc1)c1ccc(F)cc1. The summed E-state index contributed by atoms with van der Waals surface area (Å²) in [7, 11) is 0. The van der Waals surface area contributed by atoms with Crippen LogP contribution in [0, 0.1) is 5.82 Å². The van der Waals surface area contributed by atoms with Crippen LogP contribution in [0.4, 0.5) is 10.1 Å². The molecule has 2 aromatic rings. The average molecular weight is 309 g/mol. The van der Waals surface area contributed by atoms with Gasteiger partial charge in [-0.05, 0) is 52.2 Å². The highest BCUT2D eigenvalue weighted by atomic mass is 79.9. The van der Waals surface area contributed by atoms with E-state index in [2.05, 4.69) is 33.2 Å². The lowest BCUT2D eigenvalue weighted by atomic mass is 10.0. The molecule has 1 N–H and O–H groups in total. The van der Waals surface area contributed by atoms with Crippen molar-refractivity contribution in [1.82, 2.24) is 4.98 Å². The summed E-state index contributed by atoms with van der Waals surface area (Å²) in [5.74, 6) is -0.209. The van der Waals surface area contributed by atoms with Gasteiger partial charge in [0.15, 0.2) is 0 Å². The molecule has 94 valence electrons. The van der Waals surface area contributed by atoms with Gasteiger partial charge in [0, 0.05) is 0 Å². The predicted molar refractivity (Wildman–Crippen MR) is 75.0 cm³/mol. The van der Waals surface area contributed by atoms with E-state index in [4.69, 9.17) is 0 Å². The molecule has 1 heterocycles. The minimum atomic E-state index is -0.209. The molecular formula is C14H14BrFN2. The molecule has 1 aromatic carbocycles. The first-order valence-corrected chi connectivity index (χ1v) is 6.62. The molecule has 0 amide bonds. The van der Waals surface area contributed by atoms with E-state index >= 15 is 0 Å². The first-order chi connectivity index (χ1) is 8.69. The topological polar surface area (TPSA) is 24.9 Å². The number of hydrogen-bond acceptors (Lipinski definition) is 2. The Morgan fingerprint density at radius 2 is 1.94 bits per heavy atom. The summed E-state index contributed by atoms with van der Waals surface area (Å²) in [5.41, 5.74) is 2.02. The number of nitrogens with one attached hydrogen (secondary N) is 1. The maximum Gasteiger partial charge on any atom is 0.123 e. The van der Waals surface area contributed by atoms with Crippen LogP contribution in [0.3, 0.4) is 0 Å². The van der Waals surface area contributed by atoms with Gasteiger partial charge in [-0.15, -0.1) is 0 Å². The molecule has 0 aliphatic rings. The second kappa shape index (κ2) is 5.96. The largest absolute Gasteiger partial charge is 0.377 e. The van der Waals surface area contributed by atoms with Crippen LogP contribution in [0.5, 0.6) is 0 Å². The number of nitrogens with zero attached hydrogens (tertiary/aromatic N) is 1. The molecule has 1 atom stereocenters. The van der Waals surface area contributed by atoms with Crippen molar-refractivity contribution < 1.29 is 4.39 Å². The summed E-state index contributed by atoms with van der Waals surface area (Å²) in [5, 5.41) is 3.39. The van der Waals surface area contributed by atoms with Gasteiger partial charge in [-0.1, -0.05) is 19.1 Å². The van der Waals surface area contributed by atoms with E-state index in [-0.39, 0.29) is 11.9 Å². The van der Waals surface area contributed by atoms with Crippen molar-refractivity contribution in [2.24, 2.45) is 0 Å². The van der Waals surface area contributed by atoms with Crippen LogP contribution in [0.2, 0.25) is 0 Å².